The van der Waals surface area contributed by atoms with Gasteiger partial charge in [0.2, 0.25) is 0 Å². The van der Waals surface area contributed by atoms with Crippen molar-refractivity contribution >= 4 is 22.6 Å². The monoisotopic (exact) mass is 354 g/mol. The Kier molecular flexibility index (Phi) is 4.60. The number of benzene rings is 2. The van der Waals surface area contributed by atoms with Gasteiger partial charge in [0.05, 0.1) is 6.10 Å². The van der Waals surface area contributed by atoms with Crippen LogP contribution in [0.3, 0.4) is 0 Å². The van der Waals surface area contributed by atoms with Gasteiger partial charge in [0.1, 0.15) is 12.4 Å². The Hall–Kier alpha value is -1.07. The molecule has 0 fully saturated rings. The molecule has 0 aromatic heterocycles. The molecule has 0 spiro atoms. The first kappa shape index (κ1) is 13.4. The smallest absolute Gasteiger partial charge is 0.125 e. The van der Waals surface area contributed by atoms with E-state index in [9.17, 15) is 5.11 Å². The number of hydrogen-bond acceptors (Lipinski definition) is 2. The maximum absolute atomic E-state index is 9.66. The van der Waals surface area contributed by atoms with Crippen molar-refractivity contribution in [1.29, 1.82) is 0 Å². The summed E-state index contributed by atoms with van der Waals surface area (Å²) in [7, 11) is 0. The van der Waals surface area contributed by atoms with Gasteiger partial charge in [0, 0.05) is 9.13 Å². The number of ether oxygens (including phenoxy) is 1. The fourth-order valence-corrected chi connectivity index (χ4v) is 2.06. The van der Waals surface area contributed by atoms with E-state index < -0.39 is 6.10 Å². The Labute approximate surface area is 121 Å². The molecule has 0 saturated carbocycles. The highest BCUT2D eigenvalue weighted by atomic mass is 127. The zero-order chi connectivity index (χ0) is 13.0. The minimum absolute atomic E-state index is 0.515. The largest absolute Gasteiger partial charge is 0.489 e. The van der Waals surface area contributed by atoms with E-state index in [4.69, 9.17) is 4.74 Å². The molecule has 0 unspecified atom stereocenters. The third-order valence-electron chi connectivity index (χ3n) is 2.68. The summed E-state index contributed by atoms with van der Waals surface area (Å²) in [5, 5.41) is 9.66. The Bertz CT molecular complexity index is 506. The van der Waals surface area contributed by atoms with Crippen LogP contribution < -0.4 is 4.74 Å². The molecule has 0 heterocycles. The predicted molar refractivity (Wildman–Crippen MR) is 80.6 cm³/mol. The number of hydrogen-bond donors (Lipinski definition) is 1. The summed E-state index contributed by atoms with van der Waals surface area (Å²) >= 11 is 2.28. The molecule has 0 saturated heterocycles. The summed E-state index contributed by atoms with van der Waals surface area (Å²) in [6.07, 6.45) is -0.516. The van der Waals surface area contributed by atoms with Crippen LogP contribution in [0, 0.1) is 3.57 Å². The number of aliphatic hydroxyl groups excluding tert-OH is 1. The van der Waals surface area contributed by atoms with E-state index in [0.29, 0.717) is 6.61 Å². The van der Waals surface area contributed by atoms with Crippen LogP contribution in [-0.4, -0.2) is 5.11 Å². The summed E-state index contributed by atoms with van der Waals surface area (Å²) in [6.45, 7) is 2.26. The summed E-state index contributed by atoms with van der Waals surface area (Å²) in [6, 6.07) is 15.8. The molecule has 2 aromatic rings. The fourth-order valence-electron chi connectivity index (χ4n) is 1.70. The van der Waals surface area contributed by atoms with Crippen molar-refractivity contribution in [2.24, 2.45) is 0 Å². The van der Waals surface area contributed by atoms with Crippen molar-refractivity contribution in [3.63, 3.8) is 0 Å². The van der Waals surface area contributed by atoms with Crippen LogP contribution in [0.2, 0.25) is 0 Å². The summed E-state index contributed by atoms with van der Waals surface area (Å²) in [5.41, 5.74) is 1.94. The van der Waals surface area contributed by atoms with Gasteiger partial charge < -0.3 is 9.84 Å². The van der Waals surface area contributed by atoms with Crippen LogP contribution >= 0.6 is 22.6 Å². The van der Waals surface area contributed by atoms with E-state index in [0.717, 1.165) is 16.9 Å². The molecule has 2 rings (SSSR count). The van der Waals surface area contributed by atoms with E-state index in [1.807, 2.05) is 36.4 Å². The molecule has 1 N–H and O–H groups in total. The topological polar surface area (TPSA) is 29.5 Å². The Morgan fingerprint density at radius 3 is 2.44 bits per heavy atom. The molecule has 2 nitrogen and oxygen atoms in total. The first-order chi connectivity index (χ1) is 8.66. The molecule has 0 aliphatic carbocycles. The minimum atomic E-state index is -0.516. The summed E-state index contributed by atoms with van der Waals surface area (Å²) in [4.78, 5) is 0. The average Bonchev–Trinajstić information content (AvgIpc) is 2.38. The molecule has 3 heteroatoms. The molecule has 0 radical (unpaired) electrons. The lowest BCUT2D eigenvalue weighted by Crippen LogP contribution is -2.00. The fraction of sp³-hybridized carbons (Fsp3) is 0.200. The van der Waals surface area contributed by atoms with Crippen LogP contribution in [0.25, 0.3) is 0 Å². The highest BCUT2D eigenvalue weighted by molar-refractivity contribution is 14.1. The quantitative estimate of drug-likeness (QED) is 0.844. The van der Waals surface area contributed by atoms with Gasteiger partial charge in [-0.25, -0.2) is 0 Å². The Morgan fingerprint density at radius 2 is 1.78 bits per heavy atom. The Morgan fingerprint density at radius 1 is 1.11 bits per heavy atom. The average molecular weight is 354 g/mol. The highest BCUT2D eigenvalue weighted by Gasteiger charge is 2.08. The number of rotatable bonds is 4. The zero-order valence-corrected chi connectivity index (χ0v) is 12.3. The van der Waals surface area contributed by atoms with Crippen LogP contribution in [0.4, 0.5) is 0 Å². The molecule has 0 aliphatic heterocycles. The van der Waals surface area contributed by atoms with Gasteiger partial charge in [-0.1, -0.05) is 30.3 Å². The molecule has 18 heavy (non-hydrogen) atoms. The van der Waals surface area contributed by atoms with Crippen LogP contribution in [0.5, 0.6) is 5.75 Å². The molecule has 0 amide bonds. The highest BCUT2D eigenvalue weighted by Crippen LogP contribution is 2.25. The first-order valence-electron chi connectivity index (χ1n) is 5.81. The molecular weight excluding hydrogens is 339 g/mol. The summed E-state index contributed by atoms with van der Waals surface area (Å²) in [5.74, 6) is 0.742. The van der Waals surface area contributed by atoms with Gasteiger partial charge in [-0.3, -0.25) is 0 Å². The van der Waals surface area contributed by atoms with E-state index in [1.165, 1.54) is 3.57 Å². The van der Waals surface area contributed by atoms with Crippen LogP contribution in [0.1, 0.15) is 24.2 Å². The van der Waals surface area contributed by atoms with Crippen LogP contribution in [0.15, 0.2) is 48.5 Å². The van der Waals surface area contributed by atoms with Gasteiger partial charge in [-0.05, 0) is 53.3 Å². The maximum Gasteiger partial charge on any atom is 0.125 e. The predicted octanol–water partition coefficient (Wildman–Crippen LogP) is 3.92. The van der Waals surface area contributed by atoms with Crippen molar-refractivity contribution in [1.82, 2.24) is 0 Å². The molecule has 94 valence electrons. The third kappa shape index (κ3) is 3.46. The van der Waals surface area contributed by atoms with Gasteiger partial charge in [0.15, 0.2) is 0 Å². The van der Waals surface area contributed by atoms with Crippen molar-refractivity contribution in [3.05, 3.63) is 63.2 Å². The van der Waals surface area contributed by atoms with Crippen molar-refractivity contribution in [2.75, 3.05) is 0 Å². The maximum atomic E-state index is 9.66. The van der Waals surface area contributed by atoms with E-state index >= 15 is 0 Å². The van der Waals surface area contributed by atoms with Gasteiger partial charge in [-0.2, -0.15) is 0 Å². The molecule has 0 bridgehead atoms. The van der Waals surface area contributed by atoms with Gasteiger partial charge in [0.25, 0.3) is 0 Å². The van der Waals surface area contributed by atoms with E-state index in [-0.39, 0.29) is 0 Å². The van der Waals surface area contributed by atoms with Gasteiger partial charge >= 0.3 is 0 Å². The first-order valence-corrected chi connectivity index (χ1v) is 6.89. The van der Waals surface area contributed by atoms with Crippen LogP contribution in [-0.2, 0) is 6.61 Å². The second-order valence-electron chi connectivity index (χ2n) is 4.13. The van der Waals surface area contributed by atoms with E-state index in [1.54, 1.807) is 6.92 Å². The lowest BCUT2D eigenvalue weighted by Gasteiger charge is -2.13. The Balaban J connectivity index is 2.08. The zero-order valence-electron chi connectivity index (χ0n) is 10.1. The number of para-hydroxylation sites is 1. The second kappa shape index (κ2) is 6.20. The number of aliphatic hydroxyl groups is 1. The molecule has 2 aromatic carbocycles. The van der Waals surface area contributed by atoms with Crippen molar-refractivity contribution < 1.29 is 9.84 Å². The summed E-state index contributed by atoms with van der Waals surface area (Å²) < 4.78 is 6.97. The minimum Gasteiger partial charge on any atom is -0.489 e. The lowest BCUT2D eigenvalue weighted by molar-refractivity contribution is 0.190. The van der Waals surface area contributed by atoms with E-state index in [2.05, 4.69) is 34.7 Å². The lowest BCUT2D eigenvalue weighted by atomic mass is 10.1. The molecule has 1 atom stereocenters. The third-order valence-corrected chi connectivity index (χ3v) is 3.40. The van der Waals surface area contributed by atoms with Gasteiger partial charge in [-0.15, -0.1) is 0 Å². The second-order valence-corrected chi connectivity index (χ2v) is 5.37. The number of halogens is 1. The molecular formula is C15H15IO2. The van der Waals surface area contributed by atoms with Crippen molar-refractivity contribution in [3.8, 4) is 5.75 Å². The van der Waals surface area contributed by atoms with Crippen molar-refractivity contribution in [2.45, 2.75) is 19.6 Å². The standard InChI is InChI=1S/C15H15IO2/c1-11(17)14-4-2-3-5-15(14)18-10-12-6-8-13(16)9-7-12/h2-9,11,17H,10H2,1H3/t11-/m1/s1. The molecule has 0 aliphatic rings. The normalized spacial score (nSPS) is 12.2. The SMILES string of the molecule is C[C@@H](O)c1ccccc1OCc1ccc(I)cc1.